The number of hydrogen-bond acceptors (Lipinski definition) is 3. The van der Waals surface area contributed by atoms with E-state index in [1.54, 1.807) is 16.6 Å². The lowest BCUT2D eigenvalue weighted by atomic mass is 10.3. The summed E-state index contributed by atoms with van der Waals surface area (Å²) in [6.45, 7) is 9.82. The number of H-pyrrole nitrogens is 1. The molecule has 0 radical (unpaired) electrons. The predicted molar refractivity (Wildman–Crippen MR) is 77.5 cm³/mol. The topological polar surface area (TPSA) is 65.2 Å². The lowest BCUT2D eigenvalue weighted by Crippen LogP contribution is -2.37. The van der Waals surface area contributed by atoms with Crippen molar-refractivity contribution in [3.8, 4) is 0 Å². The molecule has 1 aromatic heterocycles. The molecule has 19 heavy (non-hydrogen) atoms. The molecule has 5 nitrogen and oxygen atoms in total. The first-order chi connectivity index (χ1) is 8.97. The number of hydrogen-bond donors (Lipinski definition) is 2. The number of nitrogens with zero attached hydrogens (tertiary/aromatic N) is 1. The van der Waals surface area contributed by atoms with Crippen LogP contribution < -0.4 is 5.32 Å². The number of aromatic nitrogens is 1. The van der Waals surface area contributed by atoms with Crippen LogP contribution in [-0.2, 0) is 16.6 Å². The largest absolute Gasteiger partial charge is 0.363 e. The molecule has 1 heterocycles. The van der Waals surface area contributed by atoms with Crippen LogP contribution in [0.5, 0.6) is 0 Å². The van der Waals surface area contributed by atoms with Gasteiger partial charge in [0.05, 0.1) is 4.90 Å². The van der Waals surface area contributed by atoms with E-state index in [1.807, 2.05) is 27.7 Å². The van der Waals surface area contributed by atoms with Crippen LogP contribution in [0.3, 0.4) is 0 Å². The maximum absolute atomic E-state index is 12.5. The molecule has 0 amide bonds. The SMILES string of the molecule is CCNCc1cc(S(=O)(=O)N(CC)C(C)CC)c[nH]1. The van der Waals surface area contributed by atoms with Crippen molar-refractivity contribution < 1.29 is 8.42 Å². The van der Waals surface area contributed by atoms with Crippen molar-refractivity contribution in [2.45, 2.75) is 51.6 Å². The van der Waals surface area contributed by atoms with Gasteiger partial charge in [0, 0.05) is 31.0 Å². The molecule has 6 heteroatoms. The molecule has 0 bridgehead atoms. The van der Waals surface area contributed by atoms with E-state index < -0.39 is 10.0 Å². The van der Waals surface area contributed by atoms with Gasteiger partial charge in [-0.25, -0.2) is 8.42 Å². The molecule has 0 saturated heterocycles. The van der Waals surface area contributed by atoms with Crippen LogP contribution in [0.2, 0.25) is 0 Å². The Morgan fingerprint density at radius 1 is 1.37 bits per heavy atom. The lowest BCUT2D eigenvalue weighted by molar-refractivity contribution is 0.342. The van der Waals surface area contributed by atoms with Gasteiger partial charge in [0.25, 0.3) is 0 Å². The summed E-state index contributed by atoms with van der Waals surface area (Å²) in [7, 11) is -3.39. The first-order valence-electron chi connectivity index (χ1n) is 6.87. The van der Waals surface area contributed by atoms with Gasteiger partial charge in [0.1, 0.15) is 0 Å². The quantitative estimate of drug-likeness (QED) is 0.768. The van der Waals surface area contributed by atoms with Crippen LogP contribution in [-0.4, -0.2) is 36.8 Å². The van der Waals surface area contributed by atoms with E-state index >= 15 is 0 Å². The summed E-state index contributed by atoms with van der Waals surface area (Å²) >= 11 is 0. The number of rotatable bonds is 8. The zero-order valence-corrected chi connectivity index (χ0v) is 13.0. The highest BCUT2D eigenvalue weighted by atomic mass is 32.2. The third-order valence-electron chi connectivity index (χ3n) is 3.28. The van der Waals surface area contributed by atoms with Gasteiger partial charge in [-0.1, -0.05) is 20.8 Å². The first kappa shape index (κ1) is 16.2. The molecule has 0 saturated carbocycles. The zero-order chi connectivity index (χ0) is 14.5. The summed E-state index contributed by atoms with van der Waals surface area (Å²) < 4.78 is 26.6. The Balaban J connectivity index is 2.95. The second-order valence-corrected chi connectivity index (χ2v) is 6.50. The van der Waals surface area contributed by atoms with Crippen molar-refractivity contribution in [3.05, 3.63) is 18.0 Å². The minimum atomic E-state index is -3.39. The molecule has 0 aliphatic carbocycles. The zero-order valence-electron chi connectivity index (χ0n) is 12.2. The fourth-order valence-electron chi connectivity index (χ4n) is 1.99. The van der Waals surface area contributed by atoms with E-state index in [2.05, 4.69) is 10.3 Å². The van der Waals surface area contributed by atoms with Gasteiger partial charge in [0.2, 0.25) is 10.0 Å². The van der Waals surface area contributed by atoms with Crippen molar-refractivity contribution in [1.29, 1.82) is 0 Å². The van der Waals surface area contributed by atoms with Gasteiger partial charge in [-0.15, -0.1) is 0 Å². The number of aromatic amines is 1. The van der Waals surface area contributed by atoms with E-state index in [4.69, 9.17) is 0 Å². The molecule has 110 valence electrons. The van der Waals surface area contributed by atoms with Gasteiger partial charge in [-0.3, -0.25) is 0 Å². The highest BCUT2D eigenvalue weighted by molar-refractivity contribution is 7.89. The van der Waals surface area contributed by atoms with Crippen molar-refractivity contribution in [2.24, 2.45) is 0 Å². The molecule has 0 aromatic carbocycles. The standard InChI is InChI=1S/C13H25N3O2S/c1-5-11(4)16(7-3)19(17,18)13-8-12(15-10-13)9-14-6-2/h8,10-11,14-15H,5-7,9H2,1-4H3. The average molecular weight is 287 g/mol. The van der Waals surface area contributed by atoms with Gasteiger partial charge < -0.3 is 10.3 Å². The minimum absolute atomic E-state index is 0.0158. The second-order valence-electron chi connectivity index (χ2n) is 4.61. The summed E-state index contributed by atoms with van der Waals surface area (Å²) in [5, 5.41) is 3.17. The molecule has 1 unspecified atom stereocenters. The average Bonchev–Trinajstić information content (AvgIpc) is 2.86. The summed E-state index contributed by atoms with van der Waals surface area (Å²) in [6, 6.07) is 1.73. The Bertz CT molecular complexity index is 482. The van der Waals surface area contributed by atoms with Gasteiger partial charge in [-0.2, -0.15) is 4.31 Å². The predicted octanol–water partition coefficient (Wildman–Crippen LogP) is 1.93. The second kappa shape index (κ2) is 7.07. The highest BCUT2D eigenvalue weighted by Crippen LogP contribution is 2.20. The van der Waals surface area contributed by atoms with E-state index in [0.717, 1.165) is 18.7 Å². The maximum Gasteiger partial charge on any atom is 0.244 e. The van der Waals surface area contributed by atoms with Crippen LogP contribution in [0.4, 0.5) is 0 Å². The Morgan fingerprint density at radius 3 is 2.58 bits per heavy atom. The van der Waals surface area contributed by atoms with Crippen molar-refractivity contribution in [2.75, 3.05) is 13.1 Å². The summed E-state index contributed by atoms with van der Waals surface area (Å²) in [6.07, 6.45) is 2.38. The molecular formula is C13H25N3O2S. The van der Waals surface area contributed by atoms with Crippen LogP contribution in [0.1, 0.15) is 39.8 Å². The van der Waals surface area contributed by atoms with Gasteiger partial charge >= 0.3 is 0 Å². The van der Waals surface area contributed by atoms with E-state index in [9.17, 15) is 8.42 Å². The lowest BCUT2D eigenvalue weighted by Gasteiger charge is -2.25. The molecule has 0 aliphatic rings. The summed E-state index contributed by atoms with van der Waals surface area (Å²) in [5.41, 5.74) is 0.889. The van der Waals surface area contributed by atoms with Crippen molar-refractivity contribution in [3.63, 3.8) is 0 Å². The molecule has 1 aromatic rings. The monoisotopic (exact) mass is 287 g/mol. The molecule has 0 aliphatic heterocycles. The molecule has 1 rings (SSSR count). The van der Waals surface area contributed by atoms with Gasteiger partial charge in [0.15, 0.2) is 0 Å². The molecule has 0 fully saturated rings. The third-order valence-corrected chi connectivity index (χ3v) is 5.35. The minimum Gasteiger partial charge on any atom is -0.363 e. The Hall–Kier alpha value is -0.850. The Labute approximate surface area is 116 Å². The highest BCUT2D eigenvalue weighted by Gasteiger charge is 2.27. The molecular weight excluding hydrogens is 262 g/mol. The summed E-state index contributed by atoms with van der Waals surface area (Å²) in [5.74, 6) is 0. The Kier molecular flexibility index (Phi) is 6.03. The van der Waals surface area contributed by atoms with Crippen molar-refractivity contribution >= 4 is 10.0 Å². The Morgan fingerprint density at radius 2 is 2.05 bits per heavy atom. The van der Waals surface area contributed by atoms with Crippen LogP contribution in [0.25, 0.3) is 0 Å². The molecule has 2 N–H and O–H groups in total. The normalized spacial score (nSPS) is 13.9. The van der Waals surface area contributed by atoms with E-state index in [0.29, 0.717) is 18.0 Å². The fourth-order valence-corrected chi connectivity index (χ4v) is 3.72. The van der Waals surface area contributed by atoms with E-state index in [1.165, 1.54) is 0 Å². The fraction of sp³-hybridized carbons (Fsp3) is 0.692. The van der Waals surface area contributed by atoms with Crippen LogP contribution >= 0.6 is 0 Å². The number of sulfonamides is 1. The first-order valence-corrected chi connectivity index (χ1v) is 8.31. The van der Waals surface area contributed by atoms with Crippen LogP contribution in [0.15, 0.2) is 17.2 Å². The van der Waals surface area contributed by atoms with Crippen LogP contribution in [0, 0.1) is 0 Å². The smallest absolute Gasteiger partial charge is 0.244 e. The van der Waals surface area contributed by atoms with E-state index in [-0.39, 0.29) is 6.04 Å². The van der Waals surface area contributed by atoms with Gasteiger partial charge in [-0.05, 0) is 26.0 Å². The van der Waals surface area contributed by atoms with Crippen molar-refractivity contribution in [1.82, 2.24) is 14.6 Å². The number of nitrogens with one attached hydrogen (secondary N) is 2. The summed E-state index contributed by atoms with van der Waals surface area (Å²) in [4.78, 5) is 3.36. The molecule has 1 atom stereocenters. The molecule has 0 spiro atoms. The maximum atomic E-state index is 12.5. The third kappa shape index (κ3) is 3.81.